The van der Waals surface area contributed by atoms with Crippen LogP contribution in [0.3, 0.4) is 0 Å². The van der Waals surface area contributed by atoms with Gasteiger partial charge in [0.2, 0.25) is 0 Å². The van der Waals surface area contributed by atoms with E-state index in [-0.39, 0.29) is 0 Å². The number of nitrogen functional groups attached to an aromatic ring is 1. The number of hydrogen-bond donors (Lipinski definition) is 2. The summed E-state index contributed by atoms with van der Waals surface area (Å²) in [6, 6.07) is 5.60. The highest BCUT2D eigenvalue weighted by molar-refractivity contribution is 5.54. The highest BCUT2D eigenvalue weighted by atomic mass is 16.5. The summed E-state index contributed by atoms with van der Waals surface area (Å²) in [4.78, 5) is 2.38. The molecule has 126 valence electrons. The molecule has 0 aliphatic carbocycles. The number of nitrogens with zero attached hydrogens (tertiary/aromatic N) is 1. The van der Waals surface area contributed by atoms with E-state index in [0.717, 1.165) is 38.0 Å². The van der Waals surface area contributed by atoms with Crippen LogP contribution in [0.25, 0.3) is 0 Å². The van der Waals surface area contributed by atoms with Crippen LogP contribution in [0.15, 0.2) is 18.2 Å². The van der Waals surface area contributed by atoms with Crippen LogP contribution >= 0.6 is 0 Å². The molecule has 1 unspecified atom stereocenters. The monoisotopic (exact) mass is 308 g/mol. The fourth-order valence-corrected chi connectivity index (χ4v) is 2.40. The van der Waals surface area contributed by atoms with Gasteiger partial charge in [-0.05, 0) is 50.0 Å². The number of aliphatic hydroxyl groups is 1. The summed E-state index contributed by atoms with van der Waals surface area (Å²) in [5.74, 6) is 0.705. The summed E-state index contributed by atoms with van der Waals surface area (Å²) in [6.07, 6.45) is 3.62. The van der Waals surface area contributed by atoms with Crippen molar-refractivity contribution in [3.8, 4) is 5.75 Å². The molecule has 0 radical (unpaired) electrons. The van der Waals surface area contributed by atoms with E-state index in [4.69, 9.17) is 10.5 Å². The molecular weight excluding hydrogens is 276 g/mol. The summed E-state index contributed by atoms with van der Waals surface area (Å²) in [6.45, 7) is 10.1. The lowest BCUT2D eigenvalue weighted by Gasteiger charge is -2.22. The minimum atomic E-state index is -0.474. The van der Waals surface area contributed by atoms with Crippen molar-refractivity contribution in [2.24, 2.45) is 0 Å². The van der Waals surface area contributed by atoms with Gasteiger partial charge in [0.15, 0.2) is 0 Å². The lowest BCUT2D eigenvalue weighted by Crippen LogP contribution is -2.26. The van der Waals surface area contributed by atoms with Gasteiger partial charge in [-0.1, -0.05) is 33.3 Å². The molecule has 0 heterocycles. The average molecular weight is 308 g/mol. The van der Waals surface area contributed by atoms with Gasteiger partial charge in [-0.25, -0.2) is 0 Å². The Labute approximate surface area is 135 Å². The first-order valence-corrected chi connectivity index (χ1v) is 8.54. The Morgan fingerprint density at radius 2 is 1.95 bits per heavy atom. The molecule has 3 N–H and O–H groups in total. The molecule has 0 bridgehead atoms. The molecule has 0 aromatic heterocycles. The molecule has 0 amide bonds. The van der Waals surface area contributed by atoms with Crippen molar-refractivity contribution in [3.05, 3.63) is 23.8 Å². The second kappa shape index (κ2) is 10.5. The third-order valence-electron chi connectivity index (χ3n) is 3.87. The zero-order valence-corrected chi connectivity index (χ0v) is 14.3. The fraction of sp³-hybridized carbons (Fsp3) is 0.667. The van der Waals surface area contributed by atoms with Gasteiger partial charge in [0.1, 0.15) is 5.75 Å². The van der Waals surface area contributed by atoms with Gasteiger partial charge in [0.25, 0.3) is 0 Å². The largest absolute Gasteiger partial charge is 0.491 e. The Morgan fingerprint density at radius 3 is 2.55 bits per heavy atom. The molecule has 4 nitrogen and oxygen atoms in total. The summed E-state index contributed by atoms with van der Waals surface area (Å²) >= 11 is 0. The van der Waals surface area contributed by atoms with Crippen LogP contribution in [-0.2, 0) is 0 Å². The topological polar surface area (TPSA) is 58.7 Å². The molecule has 0 saturated heterocycles. The smallest absolute Gasteiger partial charge is 0.142 e. The fourth-order valence-electron chi connectivity index (χ4n) is 2.40. The van der Waals surface area contributed by atoms with Crippen molar-refractivity contribution in [1.82, 2.24) is 4.90 Å². The van der Waals surface area contributed by atoms with Crippen LogP contribution in [0.4, 0.5) is 5.69 Å². The molecule has 0 fully saturated rings. The lowest BCUT2D eigenvalue weighted by molar-refractivity contribution is 0.143. The van der Waals surface area contributed by atoms with Gasteiger partial charge in [-0.15, -0.1) is 0 Å². The molecular formula is C18H32N2O2. The highest BCUT2D eigenvalue weighted by Crippen LogP contribution is 2.27. The van der Waals surface area contributed by atoms with E-state index in [0.29, 0.717) is 18.0 Å². The number of anilines is 1. The van der Waals surface area contributed by atoms with E-state index in [1.807, 2.05) is 18.2 Å². The number of nitrogens with two attached hydrogens (primary N) is 1. The predicted octanol–water partition coefficient (Wildman–Crippen LogP) is 3.60. The summed E-state index contributed by atoms with van der Waals surface area (Å²) in [7, 11) is 0. The second-order valence-electron chi connectivity index (χ2n) is 5.74. The zero-order chi connectivity index (χ0) is 16.4. The van der Waals surface area contributed by atoms with Crippen molar-refractivity contribution < 1.29 is 9.84 Å². The van der Waals surface area contributed by atoms with Crippen LogP contribution in [0.1, 0.15) is 58.1 Å². The lowest BCUT2D eigenvalue weighted by atomic mass is 10.1. The van der Waals surface area contributed by atoms with Crippen LogP contribution in [0.5, 0.6) is 5.75 Å². The molecule has 0 aliphatic rings. The molecule has 0 spiro atoms. The van der Waals surface area contributed by atoms with E-state index in [1.165, 1.54) is 12.8 Å². The maximum absolute atomic E-state index is 10.4. The van der Waals surface area contributed by atoms with Gasteiger partial charge >= 0.3 is 0 Å². The van der Waals surface area contributed by atoms with Crippen molar-refractivity contribution >= 4 is 5.69 Å². The maximum Gasteiger partial charge on any atom is 0.142 e. The highest BCUT2D eigenvalue weighted by Gasteiger charge is 2.12. The SMILES string of the molecule is CCCCN(CC)CCC(O)c1ccc(OCCC)c(N)c1. The molecule has 1 aromatic carbocycles. The minimum absolute atomic E-state index is 0.474. The first-order valence-electron chi connectivity index (χ1n) is 8.54. The first kappa shape index (κ1) is 18.8. The quantitative estimate of drug-likeness (QED) is 0.613. The molecule has 22 heavy (non-hydrogen) atoms. The van der Waals surface area contributed by atoms with Gasteiger partial charge in [0.05, 0.1) is 18.4 Å². The number of ether oxygens (including phenoxy) is 1. The minimum Gasteiger partial charge on any atom is -0.491 e. The number of unbranched alkanes of at least 4 members (excludes halogenated alkanes) is 1. The van der Waals surface area contributed by atoms with E-state index >= 15 is 0 Å². The predicted molar refractivity (Wildman–Crippen MR) is 93.2 cm³/mol. The standard InChI is InChI=1S/C18H32N2O2/c1-4-7-11-20(6-3)12-10-17(21)15-8-9-18(16(19)14-15)22-13-5-2/h8-9,14,17,21H,4-7,10-13,19H2,1-3H3. The molecule has 4 heteroatoms. The van der Waals surface area contributed by atoms with Crippen LogP contribution in [0.2, 0.25) is 0 Å². The first-order chi connectivity index (χ1) is 10.6. The number of aliphatic hydroxyl groups excluding tert-OH is 1. The Kier molecular flexibility index (Phi) is 8.94. The van der Waals surface area contributed by atoms with Gasteiger partial charge in [0, 0.05) is 6.54 Å². The van der Waals surface area contributed by atoms with Crippen molar-refractivity contribution in [1.29, 1.82) is 0 Å². The van der Waals surface area contributed by atoms with E-state index in [1.54, 1.807) is 0 Å². The van der Waals surface area contributed by atoms with E-state index < -0.39 is 6.10 Å². The third kappa shape index (κ3) is 6.24. The van der Waals surface area contributed by atoms with Crippen LogP contribution in [-0.4, -0.2) is 36.2 Å². The number of hydrogen-bond acceptors (Lipinski definition) is 4. The van der Waals surface area contributed by atoms with Crippen molar-refractivity contribution in [2.75, 3.05) is 32.0 Å². The summed E-state index contributed by atoms with van der Waals surface area (Å²) < 4.78 is 5.57. The second-order valence-corrected chi connectivity index (χ2v) is 5.74. The molecule has 1 atom stereocenters. The van der Waals surface area contributed by atoms with E-state index in [2.05, 4.69) is 25.7 Å². The third-order valence-corrected chi connectivity index (χ3v) is 3.87. The van der Waals surface area contributed by atoms with Crippen LogP contribution < -0.4 is 10.5 Å². The molecule has 1 aromatic rings. The Hall–Kier alpha value is -1.26. The number of rotatable bonds is 11. The Morgan fingerprint density at radius 1 is 1.18 bits per heavy atom. The van der Waals surface area contributed by atoms with Crippen molar-refractivity contribution in [3.63, 3.8) is 0 Å². The molecule has 0 aliphatic heterocycles. The maximum atomic E-state index is 10.4. The van der Waals surface area contributed by atoms with Gasteiger partial charge in [-0.3, -0.25) is 0 Å². The zero-order valence-electron chi connectivity index (χ0n) is 14.3. The molecule has 0 saturated carbocycles. The Balaban J connectivity index is 2.54. The summed E-state index contributed by atoms with van der Waals surface area (Å²) in [5.41, 5.74) is 7.47. The van der Waals surface area contributed by atoms with Gasteiger partial charge in [-0.2, -0.15) is 0 Å². The average Bonchev–Trinajstić information content (AvgIpc) is 2.53. The van der Waals surface area contributed by atoms with E-state index in [9.17, 15) is 5.11 Å². The summed E-state index contributed by atoms with van der Waals surface area (Å²) in [5, 5.41) is 10.4. The Bertz CT molecular complexity index is 424. The van der Waals surface area contributed by atoms with Gasteiger partial charge < -0.3 is 20.5 Å². The normalized spacial score (nSPS) is 12.6. The van der Waals surface area contributed by atoms with Crippen LogP contribution in [0, 0.1) is 0 Å². The number of benzene rings is 1. The molecule has 1 rings (SSSR count). The van der Waals surface area contributed by atoms with Crippen molar-refractivity contribution in [2.45, 2.75) is 52.6 Å².